The smallest absolute Gasteiger partial charge is 0.227 e. The van der Waals surface area contributed by atoms with E-state index in [1.807, 2.05) is 51.2 Å². The van der Waals surface area contributed by atoms with Crippen molar-refractivity contribution in [1.29, 1.82) is 0 Å². The average molecular weight is 258 g/mol. The largest absolute Gasteiger partial charge is 0.326 e. The summed E-state index contributed by atoms with van der Waals surface area (Å²) in [6.45, 7) is 3.85. The molecule has 0 bridgehead atoms. The predicted octanol–water partition coefficient (Wildman–Crippen LogP) is 1.94. The van der Waals surface area contributed by atoms with Gasteiger partial charge in [-0.15, -0.1) is 5.10 Å². The van der Waals surface area contributed by atoms with Crippen molar-refractivity contribution in [2.75, 3.05) is 5.32 Å². The minimum Gasteiger partial charge on any atom is -0.326 e. The lowest BCUT2D eigenvalue weighted by molar-refractivity contribution is -0.119. The van der Waals surface area contributed by atoms with Crippen LogP contribution in [-0.4, -0.2) is 20.9 Å². The summed E-state index contributed by atoms with van der Waals surface area (Å²) in [6, 6.07) is 9.46. The molecule has 2 aromatic rings. The van der Waals surface area contributed by atoms with Gasteiger partial charge in [-0.3, -0.25) is 9.48 Å². The Hall–Kier alpha value is -2.17. The number of para-hydroxylation sites is 1. The van der Waals surface area contributed by atoms with Crippen molar-refractivity contribution in [3.63, 3.8) is 0 Å². The van der Waals surface area contributed by atoms with E-state index >= 15 is 0 Å². The highest BCUT2D eigenvalue weighted by atomic mass is 16.1. The number of anilines is 1. The molecule has 1 atom stereocenters. The highest BCUT2D eigenvalue weighted by Gasteiger charge is 2.17. The maximum Gasteiger partial charge on any atom is 0.227 e. The van der Waals surface area contributed by atoms with Crippen LogP contribution in [0, 0.1) is 12.8 Å². The first-order chi connectivity index (χ1) is 9.08. The van der Waals surface area contributed by atoms with Gasteiger partial charge in [-0.25, -0.2) is 0 Å². The average Bonchev–Trinajstić information content (AvgIpc) is 2.72. The van der Waals surface area contributed by atoms with Crippen LogP contribution in [0.25, 0.3) is 0 Å². The SMILES string of the molecule is Cc1c(C[C@@H](C)C(=O)Nc2ccccc2)nnn1C. The van der Waals surface area contributed by atoms with Gasteiger partial charge in [0, 0.05) is 25.1 Å². The van der Waals surface area contributed by atoms with E-state index < -0.39 is 0 Å². The van der Waals surface area contributed by atoms with Crippen LogP contribution in [0.3, 0.4) is 0 Å². The number of hydrogen-bond acceptors (Lipinski definition) is 3. The minimum absolute atomic E-state index is 0.00347. The van der Waals surface area contributed by atoms with E-state index in [-0.39, 0.29) is 11.8 Å². The van der Waals surface area contributed by atoms with Gasteiger partial charge < -0.3 is 5.32 Å². The van der Waals surface area contributed by atoms with Gasteiger partial charge in [0.05, 0.1) is 11.4 Å². The Morgan fingerprint density at radius 3 is 2.63 bits per heavy atom. The molecule has 1 amide bonds. The van der Waals surface area contributed by atoms with Gasteiger partial charge in [-0.1, -0.05) is 30.3 Å². The first-order valence-corrected chi connectivity index (χ1v) is 6.29. The molecule has 0 aliphatic heterocycles. The molecule has 100 valence electrons. The number of carbonyl (C=O) groups is 1. The van der Waals surface area contributed by atoms with Crippen LogP contribution in [0.1, 0.15) is 18.3 Å². The fourth-order valence-corrected chi connectivity index (χ4v) is 1.81. The standard InChI is InChI=1S/C14H18N4O/c1-10(9-13-11(2)18(3)17-16-13)14(19)15-12-7-5-4-6-8-12/h4-8,10H,9H2,1-3H3,(H,15,19)/t10-/m1/s1. The molecule has 1 heterocycles. The molecule has 0 radical (unpaired) electrons. The van der Waals surface area contributed by atoms with E-state index in [1.165, 1.54) is 0 Å². The summed E-state index contributed by atoms with van der Waals surface area (Å²) >= 11 is 0. The molecule has 19 heavy (non-hydrogen) atoms. The van der Waals surface area contributed by atoms with Gasteiger partial charge in [-0.2, -0.15) is 0 Å². The van der Waals surface area contributed by atoms with Crippen molar-refractivity contribution in [1.82, 2.24) is 15.0 Å². The third-order valence-electron chi connectivity index (χ3n) is 3.19. The molecule has 1 aromatic carbocycles. The second-order valence-electron chi connectivity index (χ2n) is 4.71. The molecule has 2 rings (SSSR count). The van der Waals surface area contributed by atoms with Crippen LogP contribution in [0.5, 0.6) is 0 Å². The van der Waals surface area contributed by atoms with E-state index in [0.29, 0.717) is 6.42 Å². The van der Waals surface area contributed by atoms with Crippen LogP contribution < -0.4 is 5.32 Å². The Labute approximate surface area is 112 Å². The molecule has 1 aromatic heterocycles. The molecular weight excluding hydrogens is 240 g/mol. The number of nitrogens with one attached hydrogen (secondary N) is 1. The summed E-state index contributed by atoms with van der Waals surface area (Å²) < 4.78 is 1.72. The van der Waals surface area contributed by atoms with Gasteiger partial charge in [0.2, 0.25) is 5.91 Å². The Bertz CT molecular complexity index is 562. The zero-order valence-corrected chi connectivity index (χ0v) is 11.4. The molecule has 0 saturated heterocycles. The third kappa shape index (κ3) is 3.19. The zero-order valence-electron chi connectivity index (χ0n) is 11.4. The van der Waals surface area contributed by atoms with Crippen molar-refractivity contribution < 1.29 is 4.79 Å². The van der Waals surface area contributed by atoms with E-state index in [1.54, 1.807) is 4.68 Å². The van der Waals surface area contributed by atoms with Crippen molar-refractivity contribution in [3.05, 3.63) is 41.7 Å². The van der Waals surface area contributed by atoms with Gasteiger partial charge in [0.1, 0.15) is 0 Å². The molecule has 0 aliphatic rings. The number of aromatic nitrogens is 3. The summed E-state index contributed by atoms with van der Waals surface area (Å²) in [4.78, 5) is 12.1. The Balaban J connectivity index is 1.98. The zero-order chi connectivity index (χ0) is 13.8. The topological polar surface area (TPSA) is 59.8 Å². The van der Waals surface area contributed by atoms with Crippen LogP contribution in [0.4, 0.5) is 5.69 Å². The van der Waals surface area contributed by atoms with Gasteiger partial charge >= 0.3 is 0 Å². The summed E-state index contributed by atoms with van der Waals surface area (Å²) in [5.41, 5.74) is 2.69. The van der Waals surface area contributed by atoms with E-state index in [0.717, 1.165) is 17.1 Å². The normalized spacial score (nSPS) is 12.2. The summed E-state index contributed by atoms with van der Waals surface area (Å²) in [5, 5.41) is 10.9. The van der Waals surface area contributed by atoms with Gasteiger partial charge in [0.25, 0.3) is 0 Å². The second kappa shape index (κ2) is 5.65. The molecule has 0 aliphatic carbocycles. The molecule has 5 nitrogen and oxygen atoms in total. The molecule has 0 unspecified atom stereocenters. The number of hydrogen-bond donors (Lipinski definition) is 1. The van der Waals surface area contributed by atoms with Crippen LogP contribution in [0.15, 0.2) is 30.3 Å². The van der Waals surface area contributed by atoms with Crippen LogP contribution in [-0.2, 0) is 18.3 Å². The lowest BCUT2D eigenvalue weighted by Crippen LogP contribution is -2.22. The maximum absolute atomic E-state index is 12.1. The van der Waals surface area contributed by atoms with E-state index in [4.69, 9.17) is 0 Å². The molecule has 0 saturated carbocycles. The minimum atomic E-state index is -0.143. The van der Waals surface area contributed by atoms with Crippen molar-refractivity contribution in [2.24, 2.45) is 13.0 Å². The Kier molecular flexibility index (Phi) is 3.94. The predicted molar refractivity (Wildman–Crippen MR) is 73.7 cm³/mol. The highest BCUT2D eigenvalue weighted by Crippen LogP contribution is 2.13. The highest BCUT2D eigenvalue weighted by molar-refractivity contribution is 5.92. The fraction of sp³-hybridized carbons (Fsp3) is 0.357. The summed E-state index contributed by atoms with van der Waals surface area (Å²) in [5.74, 6) is -0.146. The van der Waals surface area contributed by atoms with Gasteiger partial charge in [0.15, 0.2) is 0 Å². The number of nitrogens with zero attached hydrogens (tertiary/aromatic N) is 3. The number of benzene rings is 1. The molecule has 0 fully saturated rings. The fourth-order valence-electron chi connectivity index (χ4n) is 1.81. The summed E-state index contributed by atoms with van der Waals surface area (Å²) in [7, 11) is 1.85. The van der Waals surface area contributed by atoms with Crippen molar-refractivity contribution >= 4 is 11.6 Å². The van der Waals surface area contributed by atoms with Crippen molar-refractivity contribution in [3.8, 4) is 0 Å². The van der Waals surface area contributed by atoms with Crippen LogP contribution >= 0.6 is 0 Å². The lowest BCUT2D eigenvalue weighted by atomic mass is 10.0. The Morgan fingerprint density at radius 1 is 1.37 bits per heavy atom. The van der Waals surface area contributed by atoms with Crippen molar-refractivity contribution in [2.45, 2.75) is 20.3 Å². The number of rotatable bonds is 4. The van der Waals surface area contributed by atoms with Crippen LogP contribution in [0.2, 0.25) is 0 Å². The third-order valence-corrected chi connectivity index (χ3v) is 3.19. The maximum atomic E-state index is 12.1. The van der Waals surface area contributed by atoms with Gasteiger partial charge in [-0.05, 0) is 19.1 Å². The number of amides is 1. The number of carbonyl (C=O) groups excluding carboxylic acids is 1. The Morgan fingerprint density at radius 2 is 2.05 bits per heavy atom. The monoisotopic (exact) mass is 258 g/mol. The second-order valence-corrected chi connectivity index (χ2v) is 4.71. The first kappa shape index (κ1) is 13.3. The quantitative estimate of drug-likeness (QED) is 0.911. The molecular formula is C14H18N4O. The first-order valence-electron chi connectivity index (χ1n) is 6.29. The molecule has 1 N–H and O–H groups in total. The summed E-state index contributed by atoms with van der Waals surface area (Å²) in [6.07, 6.45) is 0.596. The number of aryl methyl sites for hydroxylation is 1. The van der Waals surface area contributed by atoms with E-state index in [2.05, 4.69) is 15.6 Å². The molecule has 5 heteroatoms. The molecule has 0 spiro atoms. The van der Waals surface area contributed by atoms with E-state index in [9.17, 15) is 4.79 Å². The lowest BCUT2D eigenvalue weighted by Gasteiger charge is -2.11.